The van der Waals surface area contributed by atoms with Gasteiger partial charge in [-0.1, -0.05) is 18.2 Å². The van der Waals surface area contributed by atoms with Crippen LogP contribution in [0.25, 0.3) is 5.57 Å². The third-order valence-electron chi connectivity index (χ3n) is 4.24. The van der Waals surface area contributed by atoms with Gasteiger partial charge in [-0.25, -0.2) is 4.79 Å². The summed E-state index contributed by atoms with van der Waals surface area (Å²) in [7, 11) is 1.39. The maximum Gasteiger partial charge on any atom is 0.337 e. The Bertz CT molecular complexity index is 856. The topological polar surface area (TPSA) is 50.1 Å². The number of fused-ring (bicyclic) bond motifs is 1. The minimum absolute atomic E-state index is 0.333. The van der Waals surface area contributed by atoms with Gasteiger partial charge in [0.2, 0.25) is 0 Å². The number of carbonyl (C=O) groups excluding carboxylic acids is 1. The number of carbonyl (C=O) groups is 1. The van der Waals surface area contributed by atoms with Gasteiger partial charge in [-0.15, -0.1) is 0 Å². The Kier molecular flexibility index (Phi) is 3.99. The maximum absolute atomic E-state index is 11.8. The third-order valence-corrected chi connectivity index (χ3v) is 4.24. The normalized spacial score (nSPS) is 12.8. The highest BCUT2D eigenvalue weighted by Crippen LogP contribution is 2.34. The van der Waals surface area contributed by atoms with Crippen molar-refractivity contribution in [3.8, 4) is 6.07 Å². The van der Waals surface area contributed by atoms with E-state index >= 15 is 0 Å². The van der Waals surface area contributed by atoms with Crippen molar-refractivity contribution >= 4 is 11.5 Å². The molecule has 0 fully saturated rings. The minimum Gasteiger partial charge on any atom is -0.465 e. The Morgan fingerprint density at radius 1 is 1.17 bits per heavy atom. The molecule has 0 spiro atoms. The van der Waals surface area contributed by atoms with Crippen LogP contribution in [0.1, 0.15) is 44.6 Å². The fourth-order valence-corrected chi connectivity index (χ4v) is 3.01. The number of nitriles is 1. The van der Waals surface area contributed by atoms with E-state index in [-0.39, 0.29) is 5.97 Å². The average molecular weight is 303 g/mol. The summed E-state index contributed by atoms with van der Waals surface area (Å²) in [6.07, 6.45) is 4.10. The van der Waals surface area contributed by atoms with Crippen LogP contribution in [0.3, 0.4) is 0 Å². The summed E-state index contributed by atoms with van der Waals surface area (Å²) in [4.78, 5) is 11.8. The summed E-state index contributed by atoms with van der Waals surface area (Å²) in [5.41, 5.74) is 6.72. The fraction of sp³-hybridized carbons (Fsp3) is 0.200. The van der Waals surface area contributed by atoms with Gasteiger partial charge in [0.25, 0.3) is 0 Å². The number of esters is 1. The van der Waals surface area contributed by atoms with E-state index in [0.717, 1.165) is 35.1 Å². The van der Waals surface area contributed by atoms with Gasteiger partial charge in [-0.05, 0) is 71.9 Å². The smallest absolute Gasteiger partial charge is 0.337 e. The summed E-state index contributed by atoms with van der Waals surface area (Å²) >= 11 is 0. The number of hydrogen-bond donors (Lipinski definition) is 0. The van der Waals surface area contributed by atoms with Crippen LogP contribution < -0.4 is 0 Å². The largest absolute Gasteiger partial charge is 0.465 e. The van der Waals surface area contributed by atoms with Crippen molar-refractivity contribution < 1.29 is 9.53 Å². The molecule has 0 heterocycles. The molecule has 23 heavy (non-hydrogen) atoms. The van der Waals surface area contributed by atoms with Crippen molar-refractivity contribution in [3.05, 3.63) is 75.9 Å². The summed E-state index contributed by atoms with van der Waals surface area (Å²) in [5.74, 6) is -0.333. The van der Waals surface area contributed by atoms with Gasteiger partial charge in [0.05, 0.1) is 24.3 Å². The molecule has 0 saturated carbocycles. The first-order valence-corrected chi connectivity index (χ1v) is 7.57. The molecule has 1 aliphatic rings. The predicted molar refractivity (Wildman–Crippen MR) is 89.1 cm³/mol. The van der Waals surface area contributed by atoms with Crippen LogP contribution in [0.5, 0.6) is 0 Å². The molecule has 0 aromatic heterocycles. The van der Waals surface area contributed by atoms with Gasteiger partial charge in [-0.3, -0.25) is 0 Å². The van der Waals surface area contributed by atoms with Gasteiger partial charge in [-0.2, -0.15) is 5.26 Å². The first kappa shape index (κ1) is 15.1. The number of methoxy groups -OCH3 is 1. The van der Waals surface area contributed by atoms with E-state index < -0.39 is 0 Å². The standard InChI is InChI=1S/C20H17NO2/c1-13-6-7-14(12-21)10-18(13)17-5-3-4-15-8-9-16(11-19(15)17)20(22)23-2/h5-11H,3-4H2,1-2H3. The molecule has 1 aliphatic carbocycles. The molecule has 0 unspecified atom stereocenters. The monoisotopic (exact) mass is 303 g/mol. The molecule has 3 rings (SSSR count). The zero-order chi connectivity index (χ0) is 16.4. The Balaban J connectivity index is 2.15. The van der Waals surface area contributed by atoms with Crippen molar-refractivity contribution in [2.45, 2.75) is 19.8 Å². The van der Waals surface area contributed by atoms with E-state index in [0.29, 0.717) is 11.1 Å². The van der Waals surface area contributed by atoms with E-state index in [1.54, 1.807) is 0 Å². The quantitative estimate of drug-likeness (QED) is 0.787. The second-order valence-electron chi connectivity index (χ2n) is 5.66. The highest BCUT2D eigenvalue weighted by molar-refractivity contribution is 5.93. The van der Waals surface area contributed by atoms with Crippen LogP contribution in [0.4, 0.5) is 0 Å². The number of rotatable bonds is 2. The lowest BCUT2D eigenvalue weighted by molar-refractivity contribution is 0.0600. The number of hydrogen-bond acceptors (Lipinski definition) is 3. The van der Waals surface area contributed by atoms with Crippen LogP contribution in [0.2, 0.25) is 0 Å². The molecule has 0 amide bonds. The Morgan fingerprint density at radius 2 is 2.00 bits per heavy atom. The first-order chi connectivity index (χ1) is 11.1. The lowest BCUT2D eigenvalue weighted by Crippen LogP contribution is -2.07. The molecule has 0 bridgehead atoms. The van der Waals surface area contributed by atoms with Gasteiger partial charge >= 0.3 is 5.97 Å². The summed E-state index contributed by atoms with van der Waals surface area (Å²) in [6.45, 7) is 2.04. The van der Waals surface area contributed by atoms with Gasteiger partial charge in [0.15, 0.2) is 0 Å². The Morgan fingerprint density at radius 3 is 2.74 bits per heavy atom. The summed E-state index contributed by atoms with van der Waals surface area (Å²) in [6, 6.07) is 13.6. The molecular formula is C20H17NO2. The Hall–Kier alpha value is -2.86. The average Bonchev–Trinajstić information content (AvgIpc) is 2.60. The Labute approximate surface area is 135 Å². The molecule has 0 N–H and O–H groups in total. The molecule has 114 valence electrons. The summed E-state index contributed by atoms with van der Waals surface area (Å²) < 4.78 is 4.83. The van der Waals surface area contributed by atoms with E-state index in [2.05, 4.69) is 12.1 Å². The second kappa shape index (κ2) is 6.10. The van der Waals surface area contributed by atoms with Crippen molar-refractivity contribution in [1.29, 1.82) is 5.26 Å². The SMILES string of the molecule is COC(=O)c1ccc2c(c1)C(c1cc(C#N)ccc1C)=CCC2. The molecule has 0 atom stereocenters. The van der Waals surface area contributed by atoms with E-state index in [1.165, 1.54) is 12.7 Å². The molecule has 2 aromatic rings. The van der Waals surface area contributed by atoms with Crippen molar-refractivity contribution in [2.75, 3.05) is 7.11 Å². The fourth-order valence-electron chi connectivity index (χ4n) is 3.01. The minimum atomic E-state index is -0.333. The highest BCUT2D eigenvalue weighted by atomic mass is 16.5. The number of allylic oxidation sites excluding steroid dienone is 1. The van der Waals surface area contributed by atoms with E-state index in [9.17, 15) is 4.79 Å². The number of aryl methyl sites for hydroxylation is 2. The van der Waals surface area contributed by atoms with Gasteiger partial charge in [0, 0.05) is 0 Å². The molecule has 3 nitrogen and oxygen atoms in total. The molecular weight excluding hydrogens is 286 g/mol. The second-order valence-corrected chi connectivity index (χ2v) is 5.66. The number of nitrogens with zero attached hydrogens (tertiary/aromatic N) is 1. The van der Waals surface area contributed by atoms with Crippen LogP contribution in [0, 0.1) is 18.3 Å². The maximum atomic E-state index is 11.8. The van der Waals surface area contributed by atoms with E-state index in [1.807, 2.05) is 43.3 Å². The molecule has 3 heteroatoms. The van der Waals surface area contributed by atoms with Gasteiger partial charge in [0.1, 0.15) is 0 Å². The number of benzene rings is 2. The zero-order valence-electron chi connectivity index (χ0n) is 13.2. The predicted octanol–water partition coefficient (Wildman–Crippen LogP) is 4.03. The van der Waals surface area contributed by atoms with Crippen LogP contribution in [0.15, 0.2) is 42.5 Å². The molecule has 0 radical (unpaired) electrons. The van der Waals surface area contributed by atoms with Crippen molar-refractivity contribution in [3.63, 3.8) is 0 Å². The molecule has 0 saturated heterocycles. The third kappa shape index (κ3) is 2.76. The van der Waals surface area contributed by atoms with Crippen molar-refractivity contribution in [1.82, 2.24) is 0 Å². The first-order valence-electron chi connectivity index (χ1n) is 7.57. The van der Waals surface area contributed by atoms with Crippen LogP contribution in [-0.4, -0.2) is 13.1 Å². The number of ether oxygens (including phenoxy) is 1. The lowest BCUT2D eigenvalue weighted by atomic mass is 9.84. The lowest BCUT2D eigenvalue weighted by Gasteiger charge is -2.20. The zero-order valence-corrected chi connectivity index (χ0v) is 13.2. The van der Waals surface area contributed by atoms with Crippen LogP contribution >= 0.6 is 0 Å². The summed E-state index contributed by atoms with van der Waals surface area (Å²) in [5, 5.41) is 9.16. The highest BCUT2D eigenvalue weighted by Gasteiger charge is 2.18. The van der Waals surface area contributed by atoms with Crippen molar-refractivity contribution in [2.24, 2.45) is 0 Å². The van der Waals surface area contributed by atoms with E-state index in [4.69, 9.17) is 10.00 Å². The molecule has 2 aromatic carbocycles. The molecule has 0 aliphatic heterocycles. The van der Waals surface area contributed by atoms with Gasteiger partial charge < -0.3 is 4.74 Å². The van der Waals surface area contributed by atoms with Crippen LogP contribution in [-0.2, 0) is 11.2 Å².